The molecule has 0 radical (unpaired) electrons. The average Bonchev–Trinajstić information content (AvgIpc) is 2.51. The van der Waals surface area contributed by atoms with Crippen LogP contribution in [0.15, 0.2) is 0 Å². The first-order valence-corrected chi connectivity index (χ1v) is 8.48. The van der Waals surface area contributed by atoms with Gasteiger partial charge in [-0.15, -0.1) is 0 Å². The van der Waals surface area contributed by atoms with Gasteiger partial charge in [0.1, 0.15) is 19.3 Å². The number of carbonyl (C=O) groups is 2. The molecule has 5 nitrogen and oxygen atoms in total. The molecule has 0 aromatic heterocycles. The van der Waals surface area contributed by atoms with Gasteiger partial charge in [0.25, 0.3) is 0 Å². The normalized spacial score (nSPS) is 12.0. The lowest BCUT2D eigenvalue weighted by Gasteiger charge is -2.15. The predicted octanol–water partition coefficient (Wildman–Crippen LogP) is 3.64. The Morgan fingerprint density at radius 1 is 0.773 bits per heavy atom. The van der Waals surface area contributed by atoms with Crippen molar-refractivity contribution in [2.45, 2.75) is 77.7 Å². The number of carbonyl (C=O) groups excluding carboxylic acids is 2. The standard InChI is InChI=1S/C17H32O5/c1-4-6-7-8-9-10-12-17(19)22-14-15(20-3)13-21-16(18)11-5-2/h15H,4-14H2,1-3H3. The number of esters is 2. The number of methoxy groups -OCH3 is 1. The quantitative estimate of drug-likeness (QED) is 0.362. The van der Waals surface area contributed by atoms with Crippen LogP contribution in [0, 0.1) is 0 Å². The Morgan fingerprint density at radius 2 is 1.32 bits per heavy atom. The zero-order valence-electron chi connectivity index (χ0n) is 14.4. The Morgan fingerprint density at radius 3 is 1.86 bits per heavy atom. The van der Waals surface area contributed by atoms with Crippen LogP contribution in [0.25, 0.3) is 0 Å². The molecule has 22 heavy (non-hydrogen) atoms. The first-order chi connectivity index (χ1) is 10.6. The smallest absolute Gasteiger partial charge is 0.305 e. The summed E-state index contributed by atoms with van der Waals surface area (Å²) in [6.07, 6.45) is 8.03. The summed E-state index contributed by atoms with van der Waals surface area (Å²) < 4.78 is 15.4. The van der Waals surface area contributed by atoms with E-state index in [9.17, 15) is 9.59 Å². The third-order valence-corrected chi connectivity index (χ3v) is 3.38. The maximum Gasteiger partial charge on any atom is 0.305 e. The van der Waals surface area contributed by atoms with Crippen LogP contribution >= 0.6 is 0 Å². The molecule has 0 aromatic carbocycles. The summed E-state index contributed by atoms with van der Waals surface area (Å²) in [4.78, 5) is 22.9. The molecule has 0 amide bonds. The van der Waals surface area contributed by atoms with Gasteiger partial charge in [0.2, 0.25) is 0 Å². The molecule has 1 atom stereocenters. The van der Waals surface area contributed by atoms with Gasteiger partial charge in [-0.2, -0.15) is 0 Å². The third kappa shape index (κ3) is 12.6. The molecule has 0 aliphatic heterocycles. The summed E-state index contributed by atoms with van der Waals surface area (Å²) in [6.45, 7) is 4.35. The molecule has 5 heteroatoms. The van der Waals surface area contributed by atoms with E-state index in [1.54, 1.807) is 0 Å². The van der Waals surface area contributed by atoms with E-state index in [0.29, 0.717) is 12.8 Å². The predicted molar refractivity (Wildman–Crippen MR) is 85.6 cm³/mol. The summed E-state index contributed by atoms with van der Waals surface area (Å²) in [7, 11) is 1.51. The Hall–Kier alpha value is -1.10. The van der Waals surface area contributed by atoms with Crippen molar-refractivity contribution >= 4 is 11.9 Å². The van der Waals surface area contributed by atoms with Crippen LogP contribution in [0.2, 0.25) is 0 Å². The van der Waals surface area contributed by atoms with Crippen molar-refractivity contribution < 1.29 is 23.8 Å². The van der Waals surface area contributed by atoms with E-state index in [1.807, 2.05) is 6.92 Å². The third-order valence-electron chi connectivity index (χ3n) is 3.38. The van der Waals surface area contributed by atoms with Gasteiger partial charge in [-0.25, -0.2) is 0 Å². The minimum atomic E-state index is -0.394. The first-order valence-electron chi connectivity index (χ1n) is 8.48. The molecule has 0 saturated carbocycles. The van der Waals surface area contributed by atoms with Crippen LogP contribution in [0.3, 0.4) is 0 Å². The summed E-state index contributed by atoms with van der Waals surface area (Å²) in [5.74, 6) is -0.458. The van der Waals surface area contributed by atoms with Gasteiger partial charge < -0.3 is 14.2 Å². The van der Waals surface area contributed by atoms with Crippen LogP contribution in [-0.4, -0.2) is 38.4 Å². The molecule has 0 N–H and O–H groups in total. The number of hydrogen-bond acceptors (Lipinski definition) is 5. The Labute approximate surface area is 134 Å². The molecule has 0 aliphatic carbocycles. The molecule has 0 rings (SSSR count). The lowest BCUT2D eigenvalue weighted by atomic mass is 10.1. The summed E-state index contributed by atoms with van der Waals surface area (Å²) in [5.41, 5.74) is 0. The molecule has 0 saturated heterocycles. The minimum absolute atomic E-state index is 0.125. The summed E-state index contributed by atoms with van der Waals surface area (Å²) in [5, 5.41) is 0. The summed E-state index contributed by atoms with van der Waals surface area (Å²) in [6, 6.07) is 0. The van der Waals surface area contributed by atoms with Crippen molar-refractivity contribution in [1.82, 2.24) is 0 Å². The number of ether oxygens (including phenoxy) is 3. The van der Waals surface area contributed by atoms with Crippen molar-refractivity contribution in [2.75, 3.05) is 20.3 Å². The van der Waals surface area contributed by atoms with Gasteiger partial charge in [0.05, 0.1) is 0 Å². The van der Waals surface area contributed by atoms with E-state index >= 15 is 0 Å². The van der Waals surface area contributed by atoms with E-state index in [0.717, 1.165) is 19.3 Å². The van der Waals surface area contributed by atoms with E-state index in [4.69, 9.17) is 14.2 Å². The maximum absolute atomic E-state index is 11.6. The van der Waals surface area contributed by atoms with E-state index in [2.05, 4.69) is 6.92 Å². The van der Waals surface area contributed by atoms with Crippen molar-refractivity contribution in [1.29, 1.82) is 0 Å². The lowest BCUT2D eigenvalue weighted by molar-refractivity contribution is -0.153. The number of hydrogen-bond donors (Lipinski definition) is 0. The first kappa shape index (κ1) is 20.9. The maximum atomic E-state index is 11.6. The van der Waals surface area contributed by atoms with Crippen molar-refractivity contribution in [3.63, 3.8) is 0 Å². The molecule has 0 spiro atoms. The highest BCUT2D eigenvalue weighted by Crippen LogP contribution is 2.08. The van der Waals surface area contributed by atoms with Gasteiger partial charge >= 0.3 is 11.9 Å². The zero-order chi connectivity index (χ0) is 16.6. The molecule has 0 aromatic rings. The van der Waals surface area contributed by atoms with Gasteiger partial charge in [-0.05, 0) is 12.8 Å². The van der Waals surface area contributed by atoms with E-state index < -0.39 is 6.10 Å². The molecule has 0 aliphatic rings. The second-order valence-corrected chi connectivity index (χ2v) is 5.49. The Kier molecular flexibility index (Phi) is 14.1. The average molecular weight is 316 g/mol. The van der Waals surface area contributed by atoms with Crippen molar-refractivity contribution in [3.8, 4) is 0 Å². The second kappa shape index (κ2) is 14.8. The van der Waals surface area contributed by atoms with Crippen LogP contribution in [0.1, 0.15) is 71.6 Å². The van der Waals surface area contributed by atoms with E-state index in [1.165, 1.54) is 32.8 Å². The number of rotatable bonds is 14. The highest BCUT2D eigenvalue weighted by atomic mass is 16.6. The summed E-state index contributed by atoms with van der Waals surface area (Å²) >= 11 is 0. The molecular formula is C17H32O5. The second-order valence-electron chi connectivity index (χ2n) is 5.49. The zero-order valence-corrected chi connectivity index (χ0v) is 14.4. The van der Waals surface area contributed by atoms with Crippen molar-refractivity contribution in [2.24, 2.45) is 0 Å². The van der Waals surface area contributed by atoms with Crippen LogP contribution < -0.4 is 0 Å². The molecule has 130 valence electrons. The van der Waals surface area contributed by atoms with Crippen LogP contribution in [0.5, 0.6) is 0 Å². The molecular weight excluding hydrogens is 284 g/mol. The fourth-order valence-electron chi connectivity index (χ4n) is 1.95. The monoisotopic (exact) mass is 316 g/mol. The SMILES string of the molecule is CCCCCCCCC(=O)OCC(COC(=O)CCC)OC. The number of unbranched alkanes of at least 4 members (excludes halogenated alkanes) is 5. The van der Waals surface area contributed by atoms with Gasteiger partial charge in [0, 0.05) is 20.0 Å². The topological polar surface area (TPSA) is 61.8 Å². The van der Waals surface area contributed by atoms with Gasteiger partial charge in [-0.3, -0.25) is 9.59 Å². The fourth-order valence-corrected chi connectivity index (χ4v) is 1.95. The van der Waals surface area contributed by atoms with Gasteiger partial charge in [-0.1, -0.05) is 46.0 Å². The van der Waals surface area contributed by atoms with Crippen molar-refractivity contribution in [3.05, 3.63) is 0 Å². The molecule has 0 heterocycles. The Bertz CT molecular complexity index is 291. The Balaban J connectivity index is 3.65. The fraction of sp³-hybridized carbons (Fsp3) is 0.882. The van der Waals surface area contributed by atoms with Gasteiger partial charge in [0.15, 0.2) is 0 Å². The minimum Gasteiger partial charge on any atom is -0.463 e. The largest absolute Gasteiger partial charge is 0.463 e. The van der Waals surface area contributed by atoms with Crippen LogP contribution in [-0.2, 0) is 23.8 Å². The lowest BCUT2D eigenvalue weighted by Crippen LogP contribution is -2.27. The molecule has 1 unspecified atom stereocenters. The highest BCUT2D eigenvalue weighted by Gasteiger charge is 2.13. The van der Waals surface area contributed by atoms with Crippen LogP contribution in [0.4, 0.5) is 0 Å². The molecule has 0 bridgehead atoms. The molecule has 0 fully saturated rings. The highest BCUT2D eigenvalue weighted by molar-refractivity contribution is 5.69. The van der Waals surface area contributed by atoms with E-state index in [-0.39, 0.29) is 25.2 Å².